The summed E-state index contributed by atoms with van der Waals surface area (Å²) in [5.41, 5.74) is 5.56. The third-order valence-corrected chi connectivity index (χ3v) is 3.02. The van der Waals surface area contributed by atoms with Crippen molar-refractivity contribution < 1.29 is 9.21 Å². The highest BCUT2D eigenvalue weighted by Gasteiger charge is 2.23. The molecule has 0 saturated heterocycles. The first-order valence-corrected chi connectivity index (χ1v) is 6.66. The molecule has 1 aromatic rings. The van der Waals surface area contributed by atoms with E-state index in [4.69, 9.17) is 22.4 Å². The predicted octanol–water partition coefficient (Wildman–Crippen LogP) is 1.28. The van der Waals surface area contributed by atoms with Crippen LogP contribution >= 0.6 is 12.2 Å². The van der Waals surface area contributed by atoms with Crippen molar-refractivity contribution in [2.24, 2.45) is 5.73 Å². The summed E-state index contributed by atoms with van der Waals surface area (Å²) in [5, 5.41) is 2.83. The lowest BCUT2D eigenvalue weighted by atomic mass is 10.2. The summed E-state index contributed by atoms with van der Waals surface area (Å²) in [4.78, 5) is 14.4. The maximum absolute atomic E-state index is 12.1. The molecule has 5 nitrogen and oxygen atoms in total. The molecule has 0 aliphatic heterocycles. The Morgan fingerprint density at radius 3 is 2.68 bits per heavy atom. The van der Waals surface area contributed by atoms with Gasteiger partial charge in [0, 0.05) is 12.6 Å². The van der Waals surface area contributed by atoms with Crippen LogP contribution in [0.3, 0.4) is 0 Å². The molecule has 0 bridgehead atoms. The van der Waals surface area contributed by atoms with Gasteiger partial charge in [0.05, 0.1) is 23.8 Å². The fourth-order valence-electron chi connectivity index (χ4n) is 1.83. The molecule has 1 heterocycles. The lowest BCUT2D eigenvalue weighted by Gasteiger charge is -2.31. The Labute approximate surface area is 119 Å². The summed E-state index contributed by atoms with van der Waals surface area (Å²) < 4.78 is 5.17. The third kappa shape index (κ3) is 5.00. The number of nitrogens with zero attached hydrogens (tertiary/aromatic N) is 1. The van der Waals surface area contributed by atoms with Crippen molar-refractivity contribution in [3.63, 3.8) is 0 Å². The molecule has 1 rings (SSSR count). The SMILES string of the molecule is CC(C)N(CC(N)=S)C(C)C(=O)NCc1ccco1. The van der Waals surface area contributed by atoms with E-state index < -0.39 is 0 Å². The summed E-state index contributed by atoms with van der Waals surface area (Å²) in [5.74, 6) is 0.660. The molecule has 3 N–H and O–H groups in total. The van der Waals surface area contributed by atoms with Crippen LogP contribution in [0.5, 0.6) is 0 Å². The van der Waals surface area contributed by atoms with Crippen molar-refractivity contribution in [3.8, 4) is 0 Å². The quantitative estimate of drug-likeness (QED) is 0.738. The second kappa shape index (κ2) is 7.25. The zero-order chi connectivity index (χ0) is 14.4. The maximum Gasteiger partial charge on any atom is 0.237 e. The molecule has 0 fully saturated rings. The van der Waals surface area contributed by atoms with Crippen molar-refractivity contribution in [2.45, 2.75) is 39.4 Å². The Hall–Kier alpha value is -1.40. The smallest absolute Gasteiger partial charge is 0.237 e. The minimum Gasteiger partial charge on any atom is -0.467 e. The van der Waals surface area contributed by atoms with E-state index in [-0.39, 0.29) is 18.0 Å². The molecular formula is C13H21N3O2S. The van der Waals surface area contributed by atoms with Gasteiger partial charge < -0.3 is 15.5 Å². The van der Waals surface area contributed by atoms with Crippen LogP contribution in [-0.4, -0.2) is 34.4 Å². The Morgan fingerprint density at radius 1 is 1.53 bits per heavy atom. The Balaban J connectivity index is 2.55. The van der Waals surface area contributed by atoms with Crippen molar-refractivity contribution in [1.29, 1.82) is 0 Å². The number of hydrogen-bond acceptors (Lipinski definition) is 4. The minimum atomic E-state index is -0.295. The molecule has 0 spiro atoms. The number of nitrogens with one attached hydrogen (secondary N) is 1. The van der Waals surface area contributed by atoms with E-state index in [1.807, 2.05) is 31.7 Å². The second-order valence-electron chi connectivity index (χ2n) is 4.71. The van der Waals surface area contributed by atoms with Gasteiger partial charge >= 0.3 is 0 Å². The second-order valence-corrected chi connectivity index (χ2v) is 5.23. The average molecular weight is 283 g/mol. The van der Waals surface area contributed by atoms with Gasteiger partial charge in [-0.3, -0.25) is 9.69 Å². The van der Waals surface area contributed by atoms with Gasteiger partial charge in [0.1, 0.15) is 5.76 Å². The molecular weight excluding hydrogens is 262 g/mol. The van der Waals surface area contributed by atoms with E-state index in [0.717, 1.165) is 5.76 Å². The number of carbonyl (C=O) groups is 1. The summed E-state index contributed by atoms with van der Waals surface area (Å²) in [6.45, 7) is 6.68. The summed E-state index contributed by atoms with van der Waals surface area (Å²) in [6.07, 6.45) is 1.58. The summed E-state index contributed by atoms with van der Waals surface area (Å²) in [7, 11) is 0. The first kappa shape index (κ1) is 15.7. The number of nitrogens with two attached hydrogens (primary N) is 1. The van der Waals surface area contributed by atoms with Crippen LogP contribution in [0.1, 0.15) is 26.5 Å². The van der Waals surface area contributed by atoms with Gasteiger partial charge in [0.15, 0.2) is 0 Å². The highest BCUT2D eigenvalue weighted by atomic mass is 32.1. The lowest BCUT2D eigenvalue weighted by molar-refractivity contribution is -0.126. The molecule has 19 heavy (non-hydrogen) atoms. The number of thiocarbonyl (C=S) groups is 1. The fourth-order valence-corrected chi connectivity index (χ4v) is 1.98. The molecule has 0 radical (unpaired) electrons. The largest absolute Gasteiger partial charge is 0.467 e. The van der Waals surface area contributed by atoms with E-state index in [9.17, 15) is 4.79 Å². The standard InChI is InChI=1S/C13H21N3O2S/c1-9(2)16(8-12(14)19)10(3)13(17)15-7-11-5-4-6-18-11/h4-6,9-10H,7-8H2,1-3H3,(H2,14,19)(H,15,17). The normalized spacial score (nSPS) is 12.7. The van der Waals surface area contributed by atoms with Crippen LogP contribution in [0, 0.1) is 0 Å². The summed E-state index contributed by atoms with van der Waals surface area (Å²) in [6, 6.07) is 3.50. The maximum atomic E-state index is 12.1. The first-order chi connectivity index (χ1) is 8.91. The first-order valence-electron chi connectivity index (χ1n) is 6.26. The lowest BCUT2D eigenvalue weighted by Crippen LogP contribution is -2.50. The molecule has 1 unspecified atom stereocenters. The van der Waals surface area contributed by atoms with Crippen molar-refractivity contribution in [1.82, 2.24) is 10.2 Å². The zero-order valence-electron chi connectivity index (χ0n) is 11.6. The monoisotopic (exact) mass is 283 g/mol. The van der Waals surface area contributed by atoms with Crippen LogP contribution in [0.4, 0.5) is 0 Å². The van der Waals surface area contributed by atoms with Gasteiger partial charge in [-0.25, -0.2) is 0 Å². The van der Waals surface area contributed by atoms with Crippen LogP contribution in [-0.2, 0) is 11.3 Å². The molecule has 0 aliphatic carbocycles. The van der Waals surface area contributed by atoms with Gasteiger partial charge in [0.2, 0.25) is 5.91 Å². The van der Waals surface area contributed by atoms with Gasteiger partial charge in [-0.05, 0) is 32.9 Å². The van der Waals surface area contributed by atoms with Crippen molar-refractivity contribution >= 4 is 23.1 Å². The Kier molecular flexibility index (Phi) is 5.98. The summed E-state index contributed by atoms with van der Waals surface area (Å²) >= 11 is 4.92. The Morgan fingerprint density at radius 2 is 2.21 bits per heavy atom. The van der Waals surface area contributed by atoms with E-state index >= 15 is 0 Å². The number of hydrogen-bond donors (Lipinski definition) is 2. The van der Waals surface area contributed by atoms with Crippen LogP contribution in [0.25, 0.3) is 0 Å². The fraction of sp³-hybridized carbons (Fsp3) is 0.538. The highest BCUT2D eigenvalue weighted by Crippen LogP contribution is 2.06. The molecule has 0 aromatic carbocycles. The molecule has 0 saturated carbocycles. The molecule has 1 atom stereocenters. The predicted molar refractivity (Wildman–Crippen MR) is 78.6 cm³/mol. The molecule has 0 aliphatic rings. The third-order valence-electron chi connectivity index (χ3n) is 2.90. The molecule has 106 valence electrons. The van der Waals surface area contributed by atoms with E-state index in [1.54, 1.807) is 12.3 Å². The van der Waals surface area contributed by atoms with Crippen LogP contribution in [0.2, 0.25) is 0 Å². The zero-order valence-corrected chi connectivity index (χ0v) is 12.4. The average Bonchev–Trinajstić information content (AvgIpc) is 2.84. The van der Waals surface area contributed by atoms with Crippen molar-refractivity contribution in [2.75, 3.05) is 6.54 Å². The number of rotatable bonds is 7. The molecule has 1 aromatic heterocycles. The van der Waals surface area contributed by atoms with Gasteiger partial charge in [-0.15, -0.1) is 0 Å². The number of carbonyl (C=O) groups excluding carboxylic acids is 1. The van der Waals surface area contributed by atoms with Gasteiger partial charge in [-0.1, -0.05) is 12.2 Å². The van der Waals surface area contributed by atoms with E-state index in [0.29, 0.717) is 18.1 Å². The number of furan rings is 1. The Bertz CT molecular complexity index is 418. The van der Waals surface area contributed by atoms with E-state index in [2.05, 4.69) is 5.32 Å². The molecule has 6 heteroatoms. The minimum absolute atomic E-state index is 0.0682. The van der Waals surface area contributed by atoms with E-state index in [1.165, 1.54) is 0 Å². The van der Waals surface area contributed by atoms with Gasteiger partial charge in [-0.2, -0.15) is 0 Å². The number of amides is 1. The van der Waals surface area contributed by atoms with Gasteiger partial charge in [0.25, 0.3) is 0 Å². The van der Waals surface area contributed by atoms with Crippen molar-refractivity contribution in [3.05, 3.63) is 24.2 Å². The van der Waals surface area contributed by atoms with Crippen LogP contribution in [0.15, 0.2) is 22.8 Å². The molecule has 1 amide bonds. The topological polar surface area (TPSA) is 71.5 Å². The van der Waals surface area contributed by atoms with Crippen LogP contribution < -0.4 is 11.1 Å². The highest BCUT2D eigenvalue weighted by molar-refractivity contribution is 7.80.